The van der Waals surface area contributed by atoms with Gasteiger partial charge < -0.3 is 8.83 Å². The highest BCUT2D eigenvalue weighted by Crippen LogP contribution is 2.42. The lowest BCUT2D eigenvalue weighted by Crippen LogP contribution is -2.01. The standard InChI is InChI=1S/C51H29N3O2/c1-2-11-30(12-3-1)37-17-9-18-39-46-41(20-10-22-43(46)56-48(37)39)51-53-49(34-25-27-36-33(29-34)24-23-31-13-4-5-15-35(31)36)52-50(54-51)40-19-8-14-32-26-28-44-47(45(32)40)38-16-6-7-21-42(38)55-44/h1-29H. The maximum absolute atomic E-state index is 6.67. The first-order valence-corrected chi connectivity index (χ1v) is 18.8. The number of fused-ring (bicyclic) bond motifs is 11. The quantitative estimate of drug-likeness (QED) is 0.170. The zero-order valence-electron chi connectivity index (χ0n) is 29.9. The van der Waals surface area contributed by atoms with Crippen molar-refractivity contribution in [2.45, 2.75) is 0 Å². The maximum atomic E-state index is 6.67. The van der Waals surface area contributed by atoms with E-state index in [-0.39, 0.29) is 0 Å². The number of nitrogens with zero attached hydrogens (tertiary/aromatic N) is 3. The lowest BCUT2D eigenvalue weighted by atomic mass is 9.98. The monoisotopic (exact) mass is 715 g/mol. The summed E-state index contributed by atoms with van der Waals surface area (Å²) in [5.74, 6) is 1.75. The van der Waals surface area contributed by atoms with Gasteiger partial charge in [-0.3, -0.25) is 0 Å². The molecular weight excluding hydrogens is 687 g/mol. The first-order valence-electron chi connectivity index (χ1n) is 18.8. The lowest BCUT2D eigenvalue weighted by molar-refractivity contribution is 0.669. The Morgan fingerprint density at radius 2 is 0.911 bits per heavy atom. The van der Waals surface area contributed by atoms with E-state index in [4.69, 9.17) is 23.8 Å². The van der Waals surface area contributed by atoms with Gasteiger partial charge in [0.2, 0.25) is 0 Å². The van der Waals surface area contributed by atoms with Crippen molar-refractivity contribution in [3.05, 3.63) is 176 Å². The third kappa shape index (κ3) is 4.64. The number of aromatic nitrogens is 3. The summed E-state index contributed by atoms with van der Waals surface area (Å²) < 4.78 is 13.0. The predicted octanol–water partition coefficient (Wildman–Crippen LogP) is 13.8. The molecule has 0 N–H and O–H groups in total. The molecule has 0 radical (unpaired) electrons. The molecule has 9 aromatic carbocycles. The molecule has 3 heterocycles. The highest BCUT2D eigenvalue weighted by Gasteiger charge is 2.22. The molecule has 260 valence electrons. The number of hydrogen-bond acceptors (Lipinski definition) is 5. The van der Waals surface area contributed by atoms with Crippen LogP contribution in [0.4, 0.5) is 0 Å². The minimum Gasteiger partial charge on any atom is -0.456 e. The molecule has 0 bridgehead atoms. The molecule has 12 rings (SSSR count). The van der Waals surface area contributed by atoms with Crippen molar-refractivity contribution >= 4 is 76.2 Å². The van der Waals surface area contributed by atoms with Gasteiger partial charge in [0, 0.05) is 49.2 Å². The Bertz CT molecular complexity index is 3550. The molecule has 5 heteroatoms. The zero-order valence-corrected chi connectivity index (χ0v) is 29.9. The number of furan rings is 2. The molecule has 56 heavy (non-hydrogen) atoms. The molecule has 0 saturated heterocycles. The van der Waals surface area contributed by atoms with Crippen LogP contribution in [0.5, 0.6) is 0 Å². The van der Waals surface area contributed by atoms with E-state index in [1.165, 1.54) is 16.2 Å². The van der Waals surface area contributed by atoms with Crippen LogP contribution in [-0.4, -0.2) is 15.0 Å². The van der Waals surface area contributed by atoms with Gasteiger partial charge in [0.05, 0.1) is 0 Å². The van der Waals surface area contributed by atoms with Crippen LogP contribution in [0.3, 0.4) is 0 Å². The van der Waals surface area contributed by atoms with Crippen LogP contribution in [0, 0.1) is 0 Å². The Balaban J connectivity index is 1.15. The van der Waals surface area contributed by atoms with Crippen LogP contribution in [0.1, 0.15) is 0 Å². The van der Waals surface area contributed by atoms with Gasteiger partial charge in [-0.05, 0) is 56.8 Å². The number of hydrogen-bond donors (Lipinski definition) is 0. The Morgan fingerprint density at radius 3 is 1.80 bits per heavy atom. The predicted molar refractivity (Wildman–Crippen MR) is 229 cm³/mol. The van der Waals surface area contributed by atoms with E-state index in [9.17, 15) is 0 Å². The number of benzene rings is 9. The molecule has 0 unspecified atom stereocenters. The number of rotatable bonds is 4. The van der Waals surface area contributed by atoms with Crippen LogP contribution in [0.15, 0.2) is 185 Å². The van der Waals surface area contributed by atoms with E-state index >= 15 is 0 Å². The van der Waals surface area contributed by atoms with Crippen LogP contribution in [0.2, 0.25) is 0 Å². The molecule has 0 aliphatic carbocycles. The second kappa shape index (κ2) is 11.9. The summed E-state index contributed by atoms with van der Waals surface area (Å²) in [6.45, 7) is 0. The molecule has 5 nitrogen and oxygen atoms in total. The number of para-hydroxylation sites is 2. The minimum absolute atomic E-state index is 0.572. The third-order valence-corrected chi connectivity index (χ3v) is 11.1. The van der Waals surface area contributed by atoms with E-state index in [0.717, 1.165) is 87.9 Å². The average molecular weight is 716 g/mol. The van der Waals surface area contributed by atoms with Gasteiger partial charge in [0.25, 0.3) is 0 Å². The highest BCUT2D eigenvalue weighted by atomic mass is 16.3. The molecule has 0 saturated carbocycles. The molecule has 0 spiro atoms. The topological polar surface area (TPSA) is 65.0 Å². The van der Waals surface area contributed by atoms with E-state index in [1.54, 1.807) is 0 Å². The Kier molecular flexibility index (Phi) is 6.56. The van der Waals surface area contributed by atoms with E-state index in [0.29, 0.717) is 17.5 Å². The first kappa shape index (κ1) is 30.8. The second-order valence-corrected chi connectivity index (χ2v) is 14.3. The molecule has 0 fully saturated rings. The summed E-state index contributed by atoms with van der Waals surface area (Å²) in [5, 5.41) is 10.9. The molecule has 0 aliphatic heterocycles. The van der Waals surface area contributed by atoms with Crippen molar-refractivity contribution in [2.75, 3.05) is 0 Å². The Labute approximate surface area is 320 Å². The highest BCUT2D eigenvalue weighted by molar-refractivity contribution is 6.22. The van der Waals surface area contributed by atoms with Crippen molar-refractivity contribution in [2.24, 2.45) is 0 Å². The van der Waals surface area contributed by atoms with Crippen molar-refractivity contribution in [3.63, 3.8) is 0 Å². The molecule has 0 atom stereocenters. The van der Waals surface area contributed by atoms with Crippen molar-refractivity contribution in [3.8, 4) is 45.3 Å². The van der Waals surface area contributed by atoms with Crippen LogP contribution < -0.4 is 0 Å². The third-order valence-electron chi connectivity index (χ3n) is 11.1. The fraction of sp³-hybridized carbons (Fsp3) is 0. The van der Waals surface area contributed by atoms with E-state index in [1.807, 2.05) is 30.3 Å². The fourth-order valence-electron chi connectivity index (χ4n) is 8.56. The van der Waals surface area contributed by atoms with Gasteiger partial charge in [-0.25, -0.2) is 15.0 Å². The molecule has 3 aromatic heterocycles. The van der Waals surface area contributed by atoms with E-state index in [2.05, 4.69) is 146 Å². The van der Waals surface area contributed by atoms with Gasteiger partial charge in [-0.1, -0.05) is 152 Å². The molecule has 0 aliphatic rings. The van der Waals surface area contributed by atoms with Gasteiger partial charge in [-0.15, -0.1) is 0 Å². The Morgan fingerprint density at radius 1 is 0.304 bits per heavy atom. The summed E-state index contributed by atoms with van der Waals surface area (Å²) in [6.07, 6.45) is 0. The van der Waals surface area contributed by atoms with E-state index < -0.39 is 0 Å². The maximum Gasteiger partial charge on any atom is 0.164 e. The molecule has 0 amide bonds. The second-order valence-electron chi connectivity index (χ2n) is 14.3. The Hall–Kier alpha value is -7.63. The summed E-state index contributed by atoms with van der Waals surface area (Å²) in [5.41, 5.74) is 8.12. The normalized spacial score (nSPS) is 11.9. The van der Waals surface area contributed by atoms with Crippen LogP contribution in [-0.2, 0) is 0 Å². The van der Waals surface area contributed by atoms with Crippen LogP contribution in [0.25, 0.3) is 121 Å². The van der Waals surface area contributed by atoms with Crippen molar-refractivity contribution < 1.29 is 8.83 Å². The van der Waals surface area contributed by atoms with Gasteiger partial charge in [0.1, 0.15) is 22.3 Å². The van der Waals surface area contributed by atoms with Crippen molar-refractivity contribution in [1.29, 1.82) is 0 Å². The first-order chi connectivity index (χ1) is 27.7. The van der Waals surface area contributed by atoms with Crippen molar-refractivity contribution in [1.82, 2.24) is 15.0 Å². The van der Waals surface area contributed by atoms with Gasteiger partial charge >= 0.3 is 0 Å². The fourth-order valence-corrected chi connectivity index (χ4v) is 8.56. The summed E-state index contributed by atoms with van der Waals surface area (Å²) >= 11 is 0. The lowest BCUT2D eigenvalue weighted by Gasteiger charge is -2.12. The van der Waals surface area contributed by atoms with Gasteiger partial charge in [-0.2, -0.15) is 0 Å². The average Bonchev–Trinajstić information content (AvgIpc) is 3.85. The summed E-state index contributed by atoms with van der Waals surface area (Å²) in [6, 6.07) is 60.9. The molecule has 12 aromatic rings. The largest absolute Gasteiger partial charge is 0.456 e. The summed E-state index contributed by atoms with van der Waals surface area (Å²) in [4.78, 5) is 15.9. The smallest absolute Gasteiger partial charge is 0.164 e. The summed E-state index contributed by atoms with van der Waals surface area (Å²) in [7, 11) is 0. The SMILES string of the molecule is c1ccc(-c2cccc3c2oc2cccc(-c4nc(-c5ccc6c(ccc7ccccc76)c5)nc(-c5cccc6ccc7oc8ccccc8c7c56)n4)c23)cc1. The zero-order chi connectivity index (χ0) is 36.7. The van der Waals surface area contributed by atoms with Gasteiger partial charge in [0.15, 0.2) is 17.5 Å². The minimum atomic E-state index is 0.572. The van der Waals surface area contributed by atoms with Crippen LogP contribution >= 0.6 is 0 Å². The molecular formula is C51H29N3O2.